The lowest BCUT2D eigenvalue weighted by molar-refractivity contribution is -0.150. The summed E-state index contributed by atoms with van der Waals surface area (Å²) < 4.78 is 8.47. The van der Waals surface area contributed by atoms with Gasteiger partial charge in [0, 0.05) is 17.6 Å². The minimum Gasteiger partial charge on any atom is -0.396 e. The van der Waals surface area contributed by atoms with Crippen LogP contribution >= 0.6 is 0 Å². The van der Waals surface area contributed by atoms with Crippen LogP contribution in [0.25, 0.3) is 0 Å². The van der Waals surface area contributed by atoms with Crippen LogP contribution in [0.15, 0.2) is 12.2 Å². The van der Waals surface area contributed by atoms with E-state index in [1.807, 2.05) is 6.92 Å². The molecule has 8 heteroatoms. The van der Waals surface area contributed by atoms with Gasteiger partial charge in [0.25, 0.3) is 0 Å². The maximum Gasteiger partial charge on any atom is 0.338 e. The van der Waals surface area contributed by atoms with E-state index in [-0.39, 0.29) is 26.0 Å². The largest absolute Gasteiger partial charge is 0.396 e. The van der Waals surface area contributed by atoms with E-state index in [2.05, 4.69) is 9.47 Å². The van der Waals surface area contributed by atoms with E-state index in [9.17, 15) is 9.59 Å². The number of cyclic esters (lactones) is 2. The zero-order valence-electron chi connectivity index (χ0n) is 11.6. The molecule has 20 heavy (non-hydrogen) atoms. The first-order valence-corrected chi connectivity index (χ1v) is 5.87. The van der Waals surface area contributed by atoms with Crippen LogP contribution in [0.4, 0.5) is 0 Å². The molecule has 0 bridgehead atoms. The fourth-order valence-corrected chi connectivity index (χ4v) is 0.789. The highest BCUT2D eigenvalue weighted by Crippen LogP contribution is 2.18. The quantitative estimate of drug-likeness (QED) is 0.297. The van der Waals surface area contributed by atoms with Crippen molar-refractivity contribution in [3.8, 4) is 0 Å². The molecule has 118 valence electrons. The molecule has 0 aromatic carbocycles. The van der Waals surface area contributed by atoms with Gasteiger partial charge in [-0.25, -0.2) is 9.59 Å². The first-order chi connectivity index (χ1) is 9.03. The molecule has 0 amide bonds. The van der Waals surface area contributed by atoms with Crippen molar-refractivity contribution in [2.24, 2.45) is 5.41 Å². The predicted octanol–water partition coefficient (Wildman–Crippen LogP) is -0.836. The van der Waals surface area contributed by atoms with E-state index >= 15 is 0 Å². The van der Waals surface area contributed by atoms with Gasteiger partial charge in [0.15, 0.2) is 0 Å². The van der Waals surface area contributed by atoms with E-state index in [1.165, 1.54) is 0 Å². The summed E-state index contributed by atoms with van der Waals surface area (Å²) in [5, 5.41) is 26.0. The lowest BCUT2D eigenvalue weighted by Crippen LogP contribution is -2.32. The van der Waals surface area contributed by atoms with Crippen molar-refractivity contribution in [3.05, 3.63) is 12.2 Å². The number of esters is 2. The smallest absolute Gasteiger partial charge is 0.338 e. The molecule has 1 fully saturated rings. The van der Waals surface area contributed by atoms with Crippen molar-refractivity contribution >= 4 is 11.9 Å². The Balaban J connectivity index is 0. The third kappa shape index (κ3) is 9.59. The van der Waals surface area contributed by atoms with Gasteiger partial charge in [0.05, 0.1) is 33.0 Å². The maximum atomic E-state index is 9.92. The van der Waals surface area contributed by atoms with Gasteiger partial charge in [-0.05, 0) is 6.42 Å². The van der Waals surface area contributed by atoms with Gasteiger partial charge < -0.3 is 30.9 Å². The minimum atomic E-state index is -0.667. The number of hydrogen-bond donors (Lipinski definition) is 4. The summed E-state index contributed by atoms with van der Waals surface area (Å²) >= 11 is 0. The standard InChI is InChI=1S/C6H14O3.C4H2O3.C2H4O.H3N/c1-2-6(3-7,4-8)5-9;5-3-1-2-4(6)7-3;1-2-3-1;/h7-9H,2-5H2,1H3;1-2H;1-2H2;1H3. The molecule has 0 atom stereocenters. The molecular formula is C12H23NO7. The average Bonchev–Trinajstić information content (AvgIpc) is 3.25. The normalized spacial score (nSPS) is 15.2. The van der Waals surface area contributed by atoms with Crippen molar-refractivity contribution in [1.29, 1.82) is 0 Å². The van der Waals surface area contributed by atoms with Crippen LogP contribution in [-0.4, -0.2) is 60.3 Å². The second kappa shape index (κ2) is 11.5. The van der Waals surface area contributed by atoms with Crippen LogP contribution < -0.4 is 6.15 Å². The number of rotatable bonds is 4. The third-order valence-electron chi connectivity index (χ3n) is 2.52. The summed E-state index contributed by atoms with van der Waals surface area (Å²) in [6.45, 7) is 3.35. The van der Waals surface area contributed by atoms with Crippen molar-refractivity contribution < 1.29 is 34.4 Å². The van der Waals surface area contributed by atoms with Gasteiger partial charge in [0.1, 0.15) is 0 Å². The minimum absolute atomic E-state index is 0. The van der Waals surface area contributed by atoms with Crippen LogP contribution in [-0.2, 0) is 19.1 Å². The Morgan fingerprint density at radius 3 is 1.45 bits per heavy atom. The molecule has 2 aliphatic rings. The van der Waals surface area contributed by atoms with E-state index in [0.29, 0.717) is 6.42 Å². The Bertz CT molecular complexity index is 275. The Morgan fingerprint density at radius 2 is 1.40 bits per heavy atom. The predicted molar refractivity (Wildman–Crippen MR) is 70.1 cm³/mol. The molecule has 0 unspecified atom stereocenters. The fourth-order valence-electron chi connectivity index (χ4n) is 0.789. The number of epoxide rings is 1. The van der Waals surface area contributed by atoms with Crippen LogP contribution in [0.2, 0.25) is 0 Å². The summed E-state index contributed by atoms with van der Waals surface area (Å²) in [4.78, 5) is 19.8. The van der Waals surface area contributed by atoms with Crippen LogP contribution in [0.5, 0.6) is 0 Å². The molecule has 2 aliphatic heterocycles. The van der Waals surface area contributed by atoms with Crippen molar-refractivity contribution in [2.75, 3.05) is 33.0 Å². The number of aliphatic hydroxyl groups is 3. The average molecular weight is 293 g/mol. The molecule has 8 nitrogen and oxygen atoms in total. The molecule has 0 aliphatic carbocycles. The highest BCUT2D eigenvalue weighted by molar-refractivity contribution is 6.04. The number of carbonyl (C=O) groups excluding carboxylic acids is 2. The summed E-state index contributed by atoms with van der Waals surface area (Å²) in [5.41, 5.74) is -0.667. The summed E-state index contributed by atoms with van der Waals surface area (Å²) in [6.07, 6.45) is 2.77. The van der Waals surface area contributed by atoms with Crippen molar-refractivity contribution in [2.45, 2.75) is 13.3 Å². The zero-order valence-corrected chi connectivity index (χ0v) is 11.6. The summed E-state index contributed by atoms with van der Waals surface area (Å²) in [6, 6.07) is 0. The molecule has 0 saturated carbocycles. The highest BCUT2D eigenvalue weighted by Gasteiger charge is 2.24. The molecule has 0 spiro atoms. The van der Waals surface area contributed by atoms with E-state index in [0.717, 1.165) is 25.4 Å². The zero-order chi connectivity index (χ0) is 14.7. The van der Waals surface area contributed by atoms with Crippen molar-refractivity contribution in [1.82, 2.24) is 6.15 Å². The Hall–Kier alpha value is -1.32. The van der Waals surface area contributed by atoms with Crippen molar-refractivity contribution in [3.63, 3.8) is 0 Å². The molecule has 1 saturated heterocycles. The molecule has 0 aromatic heterocycles. The van der Waals surface area contributed by atoms with Gasteiger partial charge in [-0.1, -0.05) is 6.92 Å². The molecule has 6 N–H and O–H groups in total. The molecule has 2 heterocycles. The van der Waals surface area contributed by atoms with Crippen LogP contribution in [0.3, 0.4) is 0 Å². The summed E-state index contributed by atoms with van der Waals surface area (Å²) in [7, 11) is 0. The maximum absolute atomic E-state index is 9.92. The lowest BCUT2D eigenvalue weighted by Gasteiger charge is -2.24. The number of carbonyl (C=O) groups is 2. The Kier molecular flexibility index (Phi) is 12.1. The fraction of sp³-hybridized carbons (Fsp3) is 0.667. The van der Waals surface area contributed by atoms with E-state index in [4.69, 9.17) is 15.3 Å². The molecule has 2 rings (SSSR count). The molecule has 0 radical (unpaired) electrons. The first kappa shape index (κ1) is 21.0. The van der Waals surface area contributed by atoms with Crippen LogP contribution in [0, 0.1) is 5.41 Å². The number of aliphatic hydroxyl groups excluding tert-OH is 3. The lowest BCUT2D eigenvalue weighted by atomic mass is 9.88. The summed E-state index contributed by atoms with van der Waals surface area (Å²) in [5.74, 6) is -1.16. The highest BCUT2D eigenvalue weighted by atomic mass is 16.6. The molecular weight excluding hydrogens is 270 g/mol. The monoisotopic (exact) mass is 293 g/mol. The SMILES string of the molecule is C1CO1.CCC(CO)(CO)CO.N.O=C1C=CC(=O)O1. The van der Waals surface area contributed by atoms with Crippen LogP contribution in [0.1, 0.15) is 13.3 Å². The number of ether oxygens (including phenoxy) is 2. The second-order valence-electron chi connectivity index (χ2n) is 4.01. The Labute approximate surface area is 117 Å². The number of hydrogen-bond acceptors (Lipinski definition) is 8. The first-order valence-electron chi connectivity index (χ1n) is 5.87. The Morgan fingerprint density at radius 1 is 1.05 bits per heavy atom. The topological polar surface area (TPSA) is 152 Å². The van der Waals surface area contributed by atoms with E-state index in [1.54, 1.807) is 0 Å². The van der Waals surface area contributed by atoms with Gasteiger partial charge in [-0.2, -0.15) is 0 Å². The second-order valence-corrected chi connectivity index (χ2v) is 4.01. The van der Waals surface area contributed by atoms with Gasteiger partial charge in [-0.15, -0.1) is 0 Å². The van der Waals surface area contributed by atoms with Gasteiger partial charge >= 0.3 is 11.9 Å². The van der Waals surface area contributed by atoms with Gasteiger partial charge in [-0.3, -0.25) is 0 Å². The molecule has 0 aromatic rings. The third-order valence-corrected chi connectivity index (χ3v) is 2.52. The van der Waals surface area contributed by atoms with Gasteiger partial charge in [0.2, 0.25) is 0 Å². The van der Waals surface area contributed by atoms with E-state index < -0.39 is 17.4 Å².